The number of aromatic nitrogens is 3. The summed E-state index contributed by atoms with van der Waals surface area (Å²) in [4.78, 5) is 8.17. The van der Waals surface area contributed by atoms with Gasteiger partial charge in [0.25, 0.3) is 0 Å². The van der Waals surface area contributed by atoms with Gasteiger partial charge in [0.05, 0.1) is 11.9 Å². The fourth-order valence-corrected chi connectivity index (χ4v) is 3.57. The summed E-state index contributed by atoms with van der Waals surface area (Å²) in [5.74, 6) is 0.199. The fraction of sp³-hybridized carbons (Fsp3) is 0.381. The largest absolute Gasteiger partial charge is 0.573 e. The van der Waals surface area contributed by atoms with Crippen LogP contribution in [0.1, 0.15) is 12.1 Å². The quantitative estimate of drug-likeness (QED) is 0.523. The fourth-order valence-electron chi connectivity index (χ4n) is 3.57. The Morgan fingerprint density at radius 1 is 1.15 bits per heavy atom. The summed E-state index contributed by atoms with van der Waals surface area (Å²) in [5, 5.41) is 12.5. The molecule has 1 aliphatic heterocycles. The van der Waals surface area contributed by atoms with Crippen molar-refractivity contribution in [3.63, 3.8) is 0 Å². The number of H-pyrrole nitrogens is 1. The molecule has 182 valence electrons. The number of nitrogens with zero attached hydrogens (tertiary/aromatic N) is 3. The second kappa shape index (κ2) is 9.39. The van der Waals surface area contributed by atoms with Crippen molar-refractivity contribution in [1.29, 1.82) is 0 Å². The van der Waals surface area contributed by atoms with Crippen molar-refractivity contribution in [3.05, 3.63) is 54.2 Å². The van der Waals surface area contributed by atoms with E-state index in [1.165, 1.54) is 30.6 Å². The smallest absolute Gasteiger partial charge is 0.406 e. The monoisotopic (exact) mass is 486 g/mol. The third-order valence-corrected chi connectivity index (χ3v) is 5.25. The summed E-state index contributed by atoms with van der Waals surface area (Å²) in [5.41, 5.74) is -0.173. The van der Waals surface area contributed by atoms with Gasteiger partial charge in [-0.15, -0.1) is 13.2 Å². The first-order chi connectivity index (χ1) is 16.1. The number of hydrogen-bond acceptors (Lipinski definition) is 6. The third-order valence-electron chi connectivity index (χ3n) is 5.25. The van der Waals surface area contributed by atoms with E-state index in [-0.39, 0.29) is 29.0 Å². The molecule has 13 heteroatoms. The minimum Gasteiger partial charge on any atom is -0.406 e. The van der Waals surface area contributed by atoms with Crippen molar-refractivity contribution in [2.45, 2.75) is 19.0 Å². The summed E-state index contributed by atoms with van der Waals surface area (Å²) in [6, 6.07) is 2.47. The van der Waals surface area contributed by atoms with E-state index >= 15 is 0 Å². The Labute approximate surface area is 190 Å². The molecule has 3 heterocycles. The Balaban J connectivity index is 1.35. The van der Waals surface area contributed by atoms with Crippen LogP contribution in [0.15, 0.2) is 53.5 Å². The van der Waals surface area contributed by atoms with Crippen molar-refractivity contribution in [2.75, 3.05) is 25.0 Å². The highest BCUT2D eigenvalue weighted by molar-refractivity contribution is 5.87. The van der Waals surface area contributed by atoms with Gasteiger partial charge < -0.3 is 15.4 Å². The predicted octanol–water partition coefficient (Wildman–Crippen LogP) is 4.52. The van der Waals surface area contributed by atoms with Gasteiger partial charge in [-0.3, -0.25) is 10.1 Å². The van der Waals surface area contributed by atoms with Gasteiger partial charge in [0.2, 0.25) is 0 Å². The van der Waals surface area contributed by atoms with Crippen LogP contribution in [0.3, 0.4) is 0 Å². The number of ether oxygens (including phenoxy) is 1. The Bertz CT molecular complexity index is 1090. The van der Waals surface area contributed by atoms with Crippen LogP contribution in [-0.2, 0) is 10.9 Å². The van der Waals surface area contributed by atoms with Gasteiger partial charge >= 0.3 is 12.5 Å². The molecule has 0 radical (unpaired) electrons. The molecule has 0 aromatic carbocycles. The SMILES string of the molecule is FC(F)(F)OC1=CCC(C2=NCC(CNc3cc(-c4cn[nH]c4)nc(C(F)(F)F)c3)CN2)C=C1. The molecule has 0 saturated heterocycles. The molecule has 2 aliphatic rings. The summed E-state index contributed by atoms with van der Waals surface area (Å²) in [6.07, 6.45) is -1.97. The maximum atomic E-state index is 13.3. The van der Waals surface area contributed by atoms with E-state index in [4.69, 9.17) is 0 Å². The van der Waals surface area contributed by atoms with E-state index in [0.717, 1.165) is 6.07 Å². The van der Waals surface area contributed by atoms with Gasteiger partial charge in [0, 0.05) is 48.9 Å². The van der Waals surface area contributed by atoms with Crippen molar-refractivity contribution in [2.24, 2.45) is 16.8 Å². The zero-order chi connectivity index (χ0) is 24.3. The summed E-state index contributed by atoms with van der Waals surface area (Å²) in [6.45, 7) is 1.29. The van der Waals surface area contributed by atoms with E-state index in [1.54, 1.807) is 6.08 Å². The number of rotatable bonds is 6. The van der Waals surface area contributed by atoms with Crippen LogP contribution >= 0.6 is 0 Å². The molecule has 0 bridgehead atoms. The van der Waals surface area contributed by atoms with Crippen LogP contribution in [0.25, 0.3) is 11.3 Å². The number of pyridine rings is 1. The number of aliphatic imine (C=N–C) groups is 1. The van der Waals surface area contributed by atoms with Crippen molar-refractivity contribution < 1.29 is 31.1 Å². The molecule has 34 heavy (non-hydrogen) atoms. The lowest BCUT2D eigenvalue weighted by Gasteiger charge is -2.27. The lowest BCUT2D eigenvalue weighted by atomic mass is 9.96. The maximum absolute atomic E-state index is 13.3. The number of hydrogen-bond donors (Lipinski definition) is 3. The van der Waals surface area contributed by atoms with Gasteiger partial charge in [-0.2, -0.15) is 18.3 Å². The number of anilines is 1. The average Bonchev–Trinajstić information content (AvgIpc) is 3.32. The summed E-state index contributed by atoms with van der Waals surface area (Å²) < 4.78 is 80.7. The number of aromatic amines is 1. The Morgan fingerprint density at radius 3 is 2.56 bits per heavy atom. The first-order valence-electron chi connectivity index (χ1n) is 10.3. The van der Waals surface area contributed by atoms with Crippen molar-refractivity contribution in [3.8, 4) is 11.3 Å². The Hall–Kier alpha value is -3.51. The molecule has 1 aliphatic carbocycles. The van der Waals surface area contributed by atoms with E-state index in [1.807, 2.05) is 0 Å². The lowest BCUT2D eigenvalue weighted by Crippen LogP contribution is -2.41. The van der Waals surface area contributed by atoms with E-state index in [2.05, 4.69) is 35.5 Å². The molecule has 4 rings (SSSR count). The highest BCUT2D eigenvalue weighted by atomic mass is 19.4. The van der Waals surface area contributed by atoms with Crippen molar-refractivity contribution in [1.82, 2.24) is 20.5 Å². The highest BCUT2D eigenvalue weighted by Crippen LogP contribution is 2.32. The molecule has 2 aromatic rings. The minimum absolute atomic E-state index is 0.00383. The van der Waals surface area contributed by atoms with E-state index in [0.29, 0.717) is 37.5 Å². The van der Waals surface area contributed by atoms with Gasteiger partial charge in [-0.25, -0.2) is 4.98 Å². The van der Waals surface area contributed by atoms with Crippen molar-refractivity contribution >= 4 is 11.5 Å². The number of alkyl halides is 6. The number of amidine groups is 1. The minimum atomic E-state index is -4.74. The van der Waals surface area contributed by atoms with Crippen LogP contribution in [0.4, 0.5) is 32.0 Å². The van der Waals surface area contributed by atoms with Gasteiger partial charge in [-0.1, -0.05) is 6.08 Å². The Morgan fingerprint density at radius 2 is 1.97 bits per heavy atom. The van der Waals surface area contributed by atoms with Crippen LogP contribution in [-0.4, -0.2) is 47.0 Å². The average molecular weight is 486 g/mol. The first kappa shape index (κ1) is 23.6. The standard InChI is InChI=1S/C21H20F6N6O/c22-20(23,24)18-6-15(5-17(33-18)14-10-31-32-11-14)28-7-12-8-29-19(30-9-12)13-1-3-16(4-2-13)34-21(25,26)27/h1,3-6,10-13H,2,7-9H2,(H,28,33)(H,29,30)(H,31,32). The normalized spacial score (nSPS) is 20.9. The van der Waals surface area contributed by atoms with Crippen LogP contribution in [0.2, 0.25) is 0 Å². The number of allylic oxidation sites excluding steroid dienone is 2. The second-order valence-electron chi connectivity index (χ2n) is 7.82. The Kier molecular flexibility index (Phi) is 6.53. The molecule has 0 saturated carbocycles. The van der Waals surface area contributed by atoms with Gasteiger partial charge in [0.1, 0.15) is 17.3 Å². The highest BCUT2D eigenvalue weighted by Gasteiger charge is 2.34. The molecule has 7 nitrogen and oxygen atoms in total. The number of halogens is 6. The molecule has 2 unspecified atom stereocenters. The molecule has 2 aromatic heterocycles. The molecule has 0 fully saturated rings. The molecular formula is C21H20F6N6O. The van der Waals surface area contributed by atoms with E-state index < -0.39 is 18.2 Å². The zero-order valence-electron chi connectivity index (χ0n) is 17.5. The molecule has 2 atom stereocenters. The predicted molar refractivity (Wildman–Crippen MR) is 112 cm³/mol. The third kappa shape index (κ3) is 6.08. The van der Waals surface area contributed by atoms with E-state index in [9.17, 15) is 26.3 Å². The van der Waals surface area contributed by atoms with Gasteiger partial charge in [-0.05, 0) is 30.7 Å². The second-order valence-corrected chi connectivity index (χ2v) is 7.82. The topological polar surface area (TPSA) is 87.2 Å². The lowest BCUT2D eigenvalue weighted by molar-refractivity contribution is -0.303. The first-order valence-corrected chi connectivity index (χ1v) is 10.3. The molecule has 0 spiro atoms. The van der Waals surface area contributed by atoms with Gasteiger partial charge in [0.15, 0.2) is 0 Å². The molecular weight excluding hydrogens is 466 g/mol. The summed E-state index contributed by atoms with van der Waals surface area (Å²) in [7, 11) is 0. The number of nitrogens with one attached hydrogen (secondary N) is 3. The van der Waals surface area contributed by atoms with Crippen LogP contribution in [0, 0.1) is 11.8 Å². The van der Waals surface area contributed by atoms with Crippen LogP contribution < -0.4 is 10.6 Å². The molecule has 0 amide bonds. The maximum Gasteiger partial charge on any atom is 0.573 e. The summed E-state index contributed by atoms with van der Waals surface area (Å²) >= 11 is 0. The zero-order valence-corrected chi connectivity index (χ0v) is 17.5. The van der Waals surface area contributed by atoms with Crippen LogP contribution in [0.5, 0.6) is 0 Å². The molecule has 3 N–H and O–H groups in total.